The lowest BCUT2D eigenvalue weighted by molar-refractivity contribution is 0.155. The first kappa shape index (κ1) is 16.9. The summed E-state index contributed by atoms with van der Waals surface area (Å²) in [4.78, 5) is 4.26. The molecule has 0 saturated heterocycles. The lowest BCUT2D eigenvalue weighted by Gasteiger charge is -2.31. The summed E-state index contributed by atoms with van der Waals surface area (Å²) < 4.78 is 0. The van der Waals surface area contributed by atoms with Crippen LogP contribution in [0.4, 0.5) is 5.69 Å². The lowest BCUT2D eigenvalue weighted by Crippen LogP contribution is -2.46. The molecule has 0 saturated carbocycles. The van der Waals surface area contributed by atoms with E-state index in [0.29, 0.717) is 0 Å². The molecule has 0 aromatic heterocycles. The van der Waals surface area contributed by atoms with Crippen molar-refractivity contribution in [2.24, 2.45) is 0 Å². The average molecular weight is 251 g/mol. The molecule has 1 aromatic carbocycles. The number of nitrogens with zero attached hydrogens (tertiary/aromatic N) is 2. The number of para-hydroxylation sites is 1. The first-order valence-electron chi connectivity index (χ1n) is 6.67. The van der Waals surface area contributed by atoms with Gasteiger partial charge in [-0.15, -0.1) is 0 Å². The molecule has 0 radical (unpaired) electrons. The zero-order chi connectivity index (χ0) is 14.0. The van der Waals surface area contributed by atoms with Gasteiger partial charge in [-0.25, -0.2) is 0 Å². The van der Waals surface area contributed by atoms with Crippen molar-refractivity contribution in [3.63, 3.8) is 0 Å². The topological polar surface area (TPSA) is 18.5 Å². The molecule has 18 heavy (non-hydrogen) atoms. The first-order valence-corrected chi connectivity index (χ1v) is 6.67. The summed E-state index contributed by atoms with van der Waals surface area (Å²) in [7, 11) is 8.22. The molecule has 1 N–H and O–H groups in total. The van der Waals surface area contributed by atoms with Gasteiger partial charge in [0.2, 0.25) is 0 Å². The fraction of sp³-hybridized carbons (Fsp3) is 0.600. The highest BCUT2D eigenvalue weighted by Gasteiger charge is 2.12. The normalized spacial score (nSPS) is 10.5. The number of unbranched alkanes of at least 4 members (excludes halogenated alkanes) is 1. The van der Waals surface area contributed by atoms with Gasteiger partial charge in [-0.05, 0) is 40.3 Å². The highest BCUT2D eigenvalue weighted by atomic mass is 15.4. The van der Waals surface area contributed by atoms with Crippen molar-refractivity contribution in [3.05, 3.63) is 30.3 Å². The fourth-order valence-corrected chi connectivity index (χ4v) is 1.40. The van der Waals surface area contributed by atoms with E-state index in [9.17, 15) is 0 Å². The summed E-state index contributed by atoms with van der Waals surface area (Å²) in [5, 5.41) is 3.43. The van der Waals surface area contributed by atoms with Gasteiger partial charge >= 0.3 is 0 Å². The van der Waals surface area contributed by atoms with Crippen LogP contribution in [0.5, 0.6) is 0 Å². The van der Waals surface area contributed by atoms with Gasteiger partial charge in [0, 0.05) is 5.69 Å². The monoisotopic (exact) mass is 251 g/mol. The smallest absolute Gasteiger partial charge is 0.136 e. The maximum atomic E-state index is 3.43. The van der Waals surface area contributed by atoms with E-state index in [2.05, 4.69) is 69.3 Å². The molecule has 0 atom stereocenters. The Balaban J connectivity index is 0.000000631. The van der Waals surface area contributed by atoms with Crippen molar-refractivity contribution in [2.75, 3.05) is 33.5 Å². The van der Waals surface area contributed by atoms with E-state index in [1.165, 1.54) is 12.8 Å². The fourth-order valence-electron chi connectivity index (χ4n) is 1.40. The molecule has 0 amide bonds. The summed E-state index contributed by atoms with van der Waals surface area (Å²) >= 11 is 0. The molecule has 3 nitrogen and oxygen atoms in total. The van der Waals surface area contributed by atoms with E-state index in [0.717, 1.165) is 5.69 Å². The third-order valence-electron chi connectivity index (χ3n) is 2.55. The Morgan fingerprint density at radius 2 is 1.33 bits per heavy atom. The van der Waals surface area contributed by atoms with E-state index >= 15 is 0 Å². The maximum absolute atomic E-state index is 3.43. The minimum absolute atomic E-state index is 0.220. The van der Waals surface area contributed by atoms with Crippen molar-refractivity contribution in [3.8, 4) is 0 Å². The Morgan fingerprint density at radius 1 is 0.889 bits per heavy atom. The summed E-state index contributed by atoms with van der Waals surface area (Å²) in [6.07, 6.45) is 2.86. The van der Waals surface area contributed by atoms with E-state index in [-0.39, 0.29) is 6.29 Å². The van der Waals surface area contributed by atoms with E-state index in [1.807, 2.05) is 18.2 Å². The quantitative estimate of drug-likeness (QED) is 0.810. The largest absolute Gasteiger partial charge is 0.357 e. The van der Waals surface area contributed by atoms with E-state index in [4.69, 9.17) is 0 Å². The van der Waals surface area contributed by atoms with Crippen molar-refractivity contribution in [1.29, 1.82) is 0 Å². The molecule has 1 rings (SSSR count). The van der Waals surface area contributed by atoms with E-state index in [1.54, 1.807) is 0 Å². The molecular formula is C15H29N3. The van der Waals surface area contributed by atoms with Crippen molar-refractivity contribution < 1.29 is 0 Å². The van der Waals surface area contributed by atoms with Gasteiger partial charge in [0.25, 0.3) is 0 Å². The second kappa shape index (κ2) is 9.92. The summed E-state index contributed by atoms with van der Waals surface area (Å²) in [5.41, 5.74) is 1.14. The zero-order valence-electron chi connectivity index (χ0n) is 12.8. The Kier molecular flexibility index (Phi) is 9.33. The van der Waals surface area contributed by atoms with Crippen LogP contribution in [0, 0.1) is 0 Å². The van der Waals surface area contributed by atoms with Gasteiger partial charge in [0.05, 0.1) is 0 Å². The number of benzene rings is 1. The molecule has 0 unspecified atom stereocenters. The summed E-state index contributed by atoms with van der Waals surface area (Å²) in [6.45, 7) is 4.36. The van der Waals surface area contributed by atoms with Crippen molar-refractivity contribution >= 4 is 5.69 Å². The molecule has 3 heteroatoms. The van der Waals surface area contributed by atoms with Gasteiger partial charge in [0.1, 0.15) is 6.29 Å². The van der Waals surface area contributed by atoms with Crippen LogP contribution < -0.4 is 5.32 Å². The number of hydrogen-bond donors (Lipinski definition) is 1. The highest BCUT2D eigenvalue weighted by molar-refractivity contribution is 5.42. The Hall–Kier alpha value is -1.06. The molecule has 0 aliphatic rings. The Morgan fingerprint density at radius 3 is 1.67 bits per heavy atom. The van der Waals surface area contributed by atoms with Crippen LogP contribution in [0.25, 0.3) is 0 Å². The molecule has 0 bridgehead atoms. The number of rotatable bonds is 5. The van der Waals surface area contributed by atoms with Gasteiger partial charge in [-0.2, -0.15) is 0 Å². The maximum Gasteiger partial charge on any atom is 0.136 e. The average Bonchev–Trinajstić information content (AvgIpc) is 2.36. The zero-order valence-corrected chi connectivity index (χ0v) is 12.8. The summed E-state index contributed by atoms with van der Waals surface area (Å²) in [5.74, 6) is 0. The predicted octanol–water partition coefficient (Wildman–Crippen LogP) is 3.31. The number of hydrogen-bond acceptors (Lipinski definition) is 3. The minimum atomic E-state index is 0.220. The third-order valence-corrected chi connectivity index (χ3v) is 2.55. The highest BCUT2D eigenvalue weighted by Crippen LogP contribution is 2.08. The van der Waals surface area contributed by atoms with Crippen LogP contribution in [0.3, 0.4) is 0 Å². The molecular weight excluding hydrogens is 222 g/mol. The molecule has 0 fully saturated rings. The SMILES string of the molecule is CCCC.CN(C)C(Nc1ccccc1)N(C)C. The molecule has 1 aromatic rings. The van der Waals surface area contributed by atoms with Crippen LogP contribution in [0.15, 0.2) is 30.3 Å². The number of nitrogens with one attached hydrogen (secondary N) is 1. The van der Waals surface area contributed by atoms with Gasteiger partial charge < -0.3 is 5.32 Å². The van der Waals surface area contributed by atoms with E-state index < -0.39 is 0 Å². The Bertz CT molecular complexity index is 273. The molecule has 0 aliphatic heterocycles. The van der Waals surface area contributed by atoms with Crippen LogP contribution in [0.2, 0.25) is 0 Å². The molecule has 0 heterocycles. The van der Waals surface area contributed by atoms with Crippen LogP contribution in [-0.4, -0.2) is 44.3 Å². The molecule has 104 valence electrons. The molecule has 0 spiro atoms. The standard InChI is InChI=1S/C11H19N3.C4H10/c1-13(2)11(14(3)4)12-10-8-6-5-7-9-10;1-3-4-2/h5-9,11-12H,1-4H3;3-4H2,1-2H3. The Labute approximate surface area is 113 Å². The van der Waals surface area contributed by atoms with Gasteiger partial charge in [-0.1, -0.05) is 44.9 Å². The second-order valence-corrected chi connectivity index (χ2v) is 4.81. The van der Waals surface area contributed by atoms with Crippen molar-refractivity contribution in [2.45, 2.75) is 33.0 Å². The lowest BCUT2D eigenvalue weighted by atomic mass is 10.3. The van der Waals surface area contributed by atoms with Crippen LogP contribution in [-0.2, 0) is 0 Å². The first-order chi connectivity index (χ1) is 8.52. The van der Waals surface area contributed by atoms with Crippen molar-refractivity contribution in [1.82, 2.24) is 9.80 Å². The number of anilines is 1. The van der Waals surface area contributed by atoms with Crippen LogP contribution >= 0.6 is 0 Å². The second-order valence-electron chi connectivity index (χ2n) is 4.81. The molecule has 0 aliphatic carbocycles. The van der Waals surface area contributed by atoms with Gasteiger partial charge in [-0.3, -0.25) is 9.80 Å². The van der Waals surface area contributed by atoms with Gasteiger partial charge in [0.15, 0.2) is 0 Å². The summed E-state index contributed by atoms with van der Waals surface area (Å²) in [6, 6.07) is 10.2. The minimum Gasteiger partial charge on any atom is -0.357 e. The van der Waals surface area contributed by atoms with Crippen LogP contribution in [0.1, 0.15) is 26.7 Å². The predicted molar refractivity (Wildman–Crippen MR) is 81.8 cm³/mol. The third kappa shape index (κ3) is 7.30.